The van der Waals surface area contributed by atoms with Gasteiger partial charge in [-0.3, -0.25) is 4.79 Å². The maximum atomic E-state index is 12.6. The van der Waals surface area contributed by atoms with Crippen LogP contribution in [0.3, 0.4) is 0 Å². The van der Waals surface area contributed by atoms with Crippen LogP contribution in [0, 0.1) is 5.82 Å². The Bertz CT molecular complexity index is 384. The van der Waals surface area contributed by atoms with Crippen molar-refractivity contribution in [3.63, 3.8) is 0 Å². The molecule has 0 heterocycles. The lowest BCUT2D eigenvalue weighted by molar-refractivity contribution is -0.148. The van der Waals surface area contributed by atoms with Crippen molar-refractivity contribution in [2.24, 2.45) is 0 Å². The minimum absolute atomic E-state index is 0.0201. The Morgan fingerprint density at radius 1 is 1.17 bits per heavy atom. The van der Waals surface area contributed by atoms with Gasteiger partial charge < -0.3 is 4.74 Å². The highest BCUT2D eigenvalue weighted by Crippen LogP contribution is 2.18. The molecule has 0 saturated heterocycles. The van der Waals surface area contributed by atoms with Gasteiger partial charge in [0.1, 0.15) is 12.4 Å². The molecule has 6 heteroatoms. The van der Waals surface area contributed by atoms with Gasteiger partial charge >= 0.3 is 6.18 Å². The quantitative estimate of drug-likeness (QED) is 0.583. The average molecular weight is 264 g/mol. The first-order valence-corrected chi connectivity index (χ1v) is 5.27. The molecular formula is C12H12F4O2. The van der Waals surface area contributed by atoms with E-state index in [1.165, 1.54) is 24.3 Å². The Morgan fingerprint density at radius 2 is 1.78 bits per heavy atom. The molecule has 100 valence electrons. The molecule has 2 nitrogen and oxygen atoms in total. The predicted molar refractivity (Wildman–Crippen MR) is 56.6 cm³/mol. The van der Waals surface area contributed by atoms with Gasteiger partial charge in [-0.25, -0.2) is 4.39 Å². The van der Waals surface area contributed by atoms with Crippen molar-refractivity contribution < 1.29 is 27.1 Å². The van der Waals surface area contributed by atoms with E-state index in [9.17, 15) is 22.4 Å². The second kappa shape index (κ2) is 6.49. The van der Waals surface area contributed by atoms with E-state index in [-0.39, 0.29) is 18.8 Å². The van der Waals surface area contributed by atoms with E-state index in [4.69, 9.17) is 0 Å². The summed E-state index contributed by atoms with van der Waals surface area (Å²) in [7, 11) is 0. The lowest BCUT2D eigenvalue weighted by Crippen LogP contribution is -2.16. The highest BCUT2D eigenvalue weighted by Gasteiger charge is 2.26. The van der Waals surface area contributed by atoms with Gasteiger partial charge in [0.05, 0.1) is 13.0 Å². The fraction of sp³-hybridized carbons (Fsp3) is 0.417. The molecule has 1 aromatic rings. The van der Waals surface area contributed by atoms with Gasteiger partial charge in [0.25, 0.3) is 0 Å². The number of alkyl halides is 3. The maximum absolute atomic E-state index is 12.6. The summed E-state index contributed by atoms with van der Waals surface area (Å²) in [5.74, 6) is -0.753. The summed E-state index contributed by atoms with van der Waals surface area (Å²) in [6, 6.07) is 5.33. The van der Waals surface area contributed by atoms with Gasteiger partial charge in [-0.2, -0.15) is 13.2 Å². The molecule has 0 amide bonds. The van der Waals surface area contributed by atoms with Crippen LogP contribution < -0.4 is 0 Å². The lowest BCUT2D eigenvalue weighted by atomic mass is 10.1. The summed E-state index contributed by atoms with van der Waals surface area (Å²) in [6.07, 6.45) is -5.33. The number of carbonyl (C=O) groups excluding carboxylic acids is 1. The monoisotopic (exact) mass is 264 g/mol. The molecule has 0 radical (unpaired) electrons. The summed E-state index contributed by atoms with van der Waals surface area (Å²) in [6.45, 7) is -0.897. The van der Waals surface area contributed by atoms with Crippen LogP contribution in [0.25, 0.3) is 0 Å². The number of benzene rings is 1. The van der Waals surface area contributed by atoms with E-state index in [1.54, 1.807) is 0 Å². The van der Waals surface area contributed by atoms with Crippen LogP contribution in [0.2, 0.25) is 0 Å². The third-order valence-corrected chi connectivity index (χ3v) is 2.11. The van der Waals surface area contributed by atoms with Gasteiger partial charge in [0, 0.05) is 6.42 Å². The first-order valence-electron chi connectivity index (χ1n) is 5.27. The fourth-order valence-corrected chi connectivity index (χ4v) is 1.25. The highest BCUT2D eigenvalue weighted by molar-refractivity contribution is 5.82. The number of halogens is 4. The topological polar surface area (TPSA) is 26.3 Å². The van der Waals surface area contributed by atoms with Crippen molar-refractivity contribution >= 4 is 5.78 Å². The first-order chi connectivity index (χ1) is 8.37. The lowest BCUT2D eigenvalue weighted by Gasteiger charge is -2.06. The normalized spacial score (nSPS) is 11.6. The molecule has 0 aliphatic rings. The molecule has 0 aromatic heterocycles. The van der Waals surface area contributed by atoms with Gasteiger partial charge in [0.15, 0.2) is 5.78 Å². The van der Waals surface area contributed by atoms with Crippen molar-refractivity contribution in [1.29, 1.82) is 0 Å². The van der Waals surface area contributed by atoms with Crippen LogP contribution in [-0.2, 0) is 16.0 Å². The Hall–Kier alpha value is -1.43. The predicted octanol–water partition coefficient (Wildman–Crippen LogP) is 2.91. The number of rotatable bonds is 6. The summed E-state index contributed by atoms with van der Waals surface area (Å²) in [5.41, 5.74) is 0.598. The zero-order valence-electron chi connectivity index (χ0n) is 9.47. The van der Waals surface area contributed by atoms with E-state index in [0.717, 1.165) is 0 Å². The number of hydrogen-bond donors (Lipinski definition) is 0. The van der Waals surface area contributed by atoms with Gasteiger partial charge in [0.2, 0.25) is 0 Å². The number of hydrogen-bond acceptors (Lipinski definition) is 2. The minimum atomic E-state index is -4.28. The van der Waals surface area contributed by atoms with E-state index >= 15 is 0 Å². The molecule has 0 spiro atoms. The number of Topliss-reactive ketones (excluding diaryl/α,β-unsaturated/α-hetero) is 1. The molecule has 0 atom stereocenters. The molecule has 0 aliphatic carbocycles. The van der Waals surface area contributed by atoms with E-state index in [0.29, 0.717) is 5.56 Å². The second-order valence-corrected chi connectivity index (χ2v) is 3.76. The molecule has 0 saturated carbocycles. The summed E-state index contributed by atoms with van der Waals surface area (Å²) in [4.78, 5) is 11.3. The van der Waals surface area contributed by atoms with E-state index < -0.39 is 25.0 Å². The minimum Gasteiger partial charge on any atom is -0.373 e. The van der Waals surface area contributed by atoms with Crippen molar-refractivity contribution in [3.05, 3.63) is 35.6 Å². The van der Waals surface area contributed by atoms with Gasteiger partial charge in [-0.1, -0.05) is 12.1 Å². The van der Waals surface area contributed by atoms with Crippen molar-refractivity contribution in [3.8, 4) is 0 Å². The standard InChI is InChI=1S/C12H12F4O2/c13-10-3-1-9(2-4-10)7-11(17)8-18-6-5-12(14,15)16/h1-4H,5-8H2. The maximum Gasteiger partial charge on any atom is 0.391 e. The van der Waals surface area contributed by atoms with Gasteiger partial charge in [-0.05, 0) is 17.7 Å². The van der Waals surface area contributed by atoms with Crippen molar-refractivity contribution in [1.82, 2.24) is 0 Å². The Balaban J connectivity index is 2.24. The molecule has 18 heavy (non-hydrogen) atoms. The first kappa shape index (κ1) is 14.6. The van der Waals surface area contributed by atoms with Crippen LogP contribution in [0.4, 0.5) is 17.6 Å². The van der Waals surface area contributed by atoms with Gasteiger partial charge in [-0.15, -0.1) is 0 Å². The Labute approximate surface area is 102 Å². The van der Waals surface area contributed by atoms with Crippen LogP contribution >= 0.6 is 0 Å². The van der Waals surface area contributed by atoms with E-state index in [2.05, 4.69) is 4.74 Å². The third-order valence-electron chi connectivity index (χ3n) is 2.11. The molecule has 1 rings (SSSR count). The number of ketones is 1. The molecular weight excluding hydrogens is 252 g/mol. The van der Waals surface area contributed by atoms with Crippen LogP contribution in [0.5, 0.6) is 0 Å². The summed E-state index contributed by atoms with van der Waals surface area (Å²) >= 11 is 0. The van der Waals surface area contributed by atoms with Crippen LogP contribution in [0.15, 0.2) is 24.3 Å². The largest absolute Gasteiger partial charge is 0.391 e. The molecule has 0 fully saturated rings. The molecule has 0 N–H and O–H groups in total. The smallest absolute Gasteiger partial charge is 0.373 e. The summed E-state index contributed by atoms with van der Waals surface area (Å²) in [5, 5.41) is 0. The third kappa shape index (κ3) is 6.34. The van der Waals surface area contributed by atoms with Crippen molar-refractivity contribution in [2.75, 3.05) is 13.2 Å². The zero-order valence-corrected chi connectivity index (χ0v) is 9.47. The molecule has 1 aromatic carbocycles. The van der Waals surface area contributed by atoms with Crippen LogP contribution in [0.1, 0.15) is 12.0 Å². The molecule has 0 unspecified atom stereocenters. The Kier molecular flexibility index (Phi) is 5.27. The molecule has 0 aliphatic heterocycles. The highest BCUT2D eigenvalue weighted by atomic mass is 19.4. The zero-order chi connectivity index (χ0) is 13.6. The fourth-order valence-electron chi connectivity index (χ4n) is 1.25. The van der Waals surface area contributed by atoms with Crippen molar-refractivity contribution in [2.45, 2.75) is 19.0 Å². The average Bonchev–Trinajstić information content (AvgIpc) is 2.26. The summed E-state index contributed by atoms with van der Waals surface area (Å²) < 4.78 is 52.5. The van der Waals surface area contributed by atoms with Crippen LogP contribution in [-0.4, -0.2) is 25.2 Å². The molecule has 0 bridgehead atoms. The van der Waals surface area contributed by atoms with E-state index in [1.807, 2.05) is 0 Å². The Morgan fingerprint density at radius 3 is 2.33 bits per heavy atom. The number of carbonyl (C=O) groups is 1. The SMILES string of the molecule is O=C(COCCC(F)(F)F)Cc1ccc(F)cc1. The second-order valence-electron chi connectivity index (χ2n) is 3.76. The number of ether oxygens (including phenoxy) is 1.